The van der Waals surface area contributed by atoms with Crippen molar-refractivity contribution in [2.75, 3.05) is 13.2 Å². The zero-order valence-corrected chi connectivity index (χ0v) is 11.5. The first-order chi connectivity index (χ1) is 8.69. The van der Waals surface area contributed by atoms with E-state index in [1.807, 2.05) is 13.8 Å². The van der Waals surface area contributed by atoms with Gasteiger partial charge in [-0.15, -0.1) is 0 Å². The fraction of sp³-hybridized carbons (Fsp3) is 0.917. The van der Waals surface area contributed by atoms with E-state index in [1.54, 1.807) is 0 Å². The van der Waals surface area contributed by atoms with Gasteiger partial charge in [0.25, 0.3) is 0 Å². The van der Waals surface area contributed by atoms with E-state index in [-0.39, 0.29) is 24.3 Å². The third-order valence-electron chi connectivity index (χ3n) is 2.89. The van der Waals surface area contributed by atoms with Gasteiger partial charge in [-0.1, -0.05) is 25.4 Å². The second kappa shape index (κ2) is 8.24. The maximum atomic E-state index is 11.8. The Hall–Kier alpha value is -0.980. The zero-order chi connectivity index (χ0) is 14.9. The monoisotopic (exact) mass is 284 g/mol. The van der Waals surface area contributed by atoms with Crippen LogP contribution in [0.2, 0.25) is 0 Å². The molecule has 0 bridgehead atoms. The van der Waals surface area contributed by atoms with Crippen LogP contribution < -0.4 is 5.73 Å². The Labute approximate surface area is 111 Å². The van der Waals surface area contributed by atoms with Crippen LogP contribution in [0.3, 0.4) is 0 Å². The van der Waals surface area contributed by atoms with Crippen molar-refractivity contribution in [1.82, 2.24) is 0 Å². The van der Waals surface area contributed by atoms with Gasteiger partial charge < -0.3 is 15.7 Å². The van der Waals surface area contributed by atoms with Crippen molar-refractivity contribution in [3.8, 4) is 0 Å². The Bertz CT molecular complexity index is 279. The molecule has 0 radical (unpaired) electrons. The predicted molar refractivity (Wildman–Crippen MR) is 67.1 cm³/mol. The molecule has 0 unspecified atom stereocenters. The van der Waals surface area contributed by atoms with Gasteiger partial charge in [0.1, 0.15) is 5.84 Å². The molecular weight excluding hydrogens is 261 g/mol. The van der Waals surface area contributed by atoms with Crippen LogP contribution in [0.4, 0.5) is 13.2 Å². The standard InChI is InChI=1S/C12H23F3N2O2/c1-11(2,10(16)17-18)6-3-4-8-19-9-5-7-12(13,14)15/h18H,3-9H2,1-2H3,(H2,16,17). The third kappa shape index (κ3) is 9.58. The van der Waals surface area contributed by atoms with Crippen LogP contribution in [0.15, 0.2) is 5.16 Å². The number of halogens is 3. The van der Waals surface area contributed by atoms with Gasteiger partial charge in [0, 0.05) is 25.0 Å². The summed E-state index contributed by atoms with van der Waals surface area (Å²) in [4.78, 5) is 0. The lowest BCUT2D eigenvalue weighted by atomic mass is 9.86. The number of rotatable bonds is 9. The Morgan fingerprint density at radius 2 is 1.68 bits per heavy atom. The van der Waals surface area contributed by atoms with Crippen LogP contribution in [-0.2, 0) is 4.74 Å². The fourth-order valence-corrected chi connectivity index (χ4v) is 1.51. The van der Waals surface area contributed by atoms with Crippen LogP contribution in [0, 0.1) is 5.41 Å². The lowest BCUT2D eigenvalue weighted by Gasteiger charge is -2.22. The number of nitrogens with zero attached hydrogens (tertiary/aromatic N) is 1. The lowest BCUT2D eigenvalue weighted by Crippen LogP contribution is -2.31. The summed E-state index contributed by atoms with van der Waals surface area (Å²) in [5, 5.41) is 11.6. The SMILES string of the molecule is CC(C)(CCCCOCCCC(F)(F)F)C(N)=NO. The smallest absolute Gasteiger partial charge is 0.389 e. The van der Waals surface area contributed by atoms with Crippen molar-refractivity contribution in [2.45, 2.75) is 52.1 Å². The summed E-state index contributed by atoms with van der Waals surface area (Å²) >= 11 is 0. The highest BCUT2D eigenvalue weighted by Crippen LogP contribution is 2.23. The van der Waals surface area contributed by atoms with Crippen LogP contribution in [0.5, 0.6) is 0 Å². The Balaban J connectivity index is 3.51. The summed E-state index contributed by atoms with van der Waals surface area (Å²) in [6.45, 7) is 4.30. The number of hydrogen-bond donors (Lipinski definition) is 2. The summed E-state index contributed by atoms with van der Waals surface area (Å²) in [5.74, 6) is 0.179. The average molecular weight is 284 g/mol. The summed E-state index contributed by atoms with van der Waals surface area (Å²) in [6.07, 6.45) is -2.62. The van der Waals surface area contributed by atoms with Crippen molar-refractivity contribution >= 4 is 5.84 Å². The van der Waals surface area contributed by atoms with Crippen LogP contribution in [0.1, 0.15) is 46.0 Å². The zero-order valence-electron chi connectivity index (χ0n) is 11.5. The predicted octanol–water partition coefficient (Wildman–Crippen LogP) is 3.29. The summed E-state index contributed by atoms with van der Waals surface area (Å²) in [7, 11) is 0. The Morgan fingerprint density at radius 3 is 2.21 bits per heavy atom. The minimum absolute atomic E-state index is 0.000882. The molecule has 0 saturated carbocycles. The van der Waals surface area contributed by atoms with Gasteiger partial charge in [-0.2, -0.15) is 13.2 Å². The normalized spacial score (nSPS) is 13.8. The topological polar surface area (TPSA) is 67.8 Å². The van der Waals surface area contributed by atoms with E-state index in [1.165, 1.54) is 0 Å². The van der Waals surface area contributed by atoms with E-state index in [4.69, 9.17) is 15.7 Å². The highest BCUT2D eigenvalue weighted by atomic mass is 19.4. The molecular formula is C12H23F3N2O2. The van der Waals surface area contributed by atoms with Crippen LogP contribution >= 0.6 is 0 Å². The summed E-state index contributed by atoms with van der Waals surface area (Å²) in [6, 6.07) is 0. The number of hydrogen-bond acceptors (Lipinski definition) is 3. The molecule has 0 atom stereocenters. The van der Waals surface area contributed by atoms with E-state index in [2.05, 4.69) is 5.16 Å². The fourth-order valence-electron chi connectivity index (χ4n) is 1.51. The number of amidine groups is 1. The highest BCUT2D eigenvalue weighted by molar-refractivity contribution is 5.85. The molecule has 0 aliphatic carbocycles. The minimum atomic E-state index is -4.10. The highest BCUT2D eigenvalue weighted by Gasteiger charge is 2.26. The van der Waals surface area contributed by atoms with Crippen molar-refractivity contribution < 1.29 is 23.1 Å². The first-order valence-corrected chi connectivity index (χ1v) is 6.31. The van der Waals surface area contributed by atoms with Crippen molar-refractivity contribution in [2.24, 2.45) is 16.3 Å². The van der Waals surface area contributed by atoms with Crippen molar-refractivity contribution in [3.63, 3.8) is 0 Å². The largest absolute Gasteiger partial charge is 0.409 e. The van der Waals surface area contributed by atoms with Gasteiger partial charge >= 0.3 is 6.18 Å². The van der Waals surface area contributed by atoms with Gasteiger partial charge in [-0.05, 0) is 19.3 Å². The molecule has 0 aromatic rings. The molecule has 3 N–H and O–H groups in total. The number of ether oxygens (including phenoxy) is 1. The molecule has 19 heavy (non-hydrogen) atoms. The average Bonchev–Trinajstić information content (AvgIpc) is 2.30. The number of oxime groups is 1. The van der Waals surface area contributed by atoms with E-state index < -0.39 is 12.6 Å². The van der Waals surface area contributed by atoms with Gasteiger partial charge in [-0.3, -0.25) is 0 Å². The molecule has 0 saturated heterocycles. The quantitative estimate of drug-likeness (QED) is 0.224. The van der Waals surface area contributed by atoms with Gasteiger partial charge in [0.2, 0.25) is 0 Å². The molecule has 0 amide bonds. The first-order valence-electron chi connectivity index (χ1n) is 6.31. The lowest BCUT2D eigenvalue weighted by molar-refractivity contribution is -0.137. The molecule has 0 heterocycles. The maximum Gasteiger partial charge on any atom is 0.389 e. The maximum absolute atomic E-state index is 11.8. The molecule has 0 aliphatic rings. The Kier molecular flexibility index (Phi) is 7.82. The first kappa shape index (κ1) is 18.0. The molecule has 0 aromatic carbocycles. The third-order valence-corrected chi connectivity index (χ3v) is 2.89. The van der Waals surface area contributed by atoms with E-state index in [0.29, 0.717) is 6.61 Å². The second-order valence-electron chi connectivity index (χ2n) is 5.16. The molecule has 0 aliphatic heterocycles. The van der Waals surface area contributed by atoms with Crippen LogP contribution in [-0.4, -0.2) is 30.4 Å². The molecule has 114 valence electrons. The van der Waals surface area contributed by atoms with E-state index >= 15 is 0 Å². The van der Waals surface area contributed by atoms with Crippen molar-refractivity contribution in [1.29, 1.82) is 0 Å². The number of unbranched alkanes of at least 4 members (excludes halogenated alkanes) is 1. The molecule has 0 aromatic heterocycles. The van der Waals surface area contributed by atoms with E-state index in [0.717, 1.165) is 19.3 Å². The van der Waals surface area contributed by atoms with Gasteiger partial charge in [0.15, 0.2) is 0 Å². The van der Waals surface area contributed by atoms with Crippen molar-refractivity contribution in [3.05, 3.63) is 0 Å². The Morgan fingerprint density at radius 1 is 1.11 bits per heavy atom. The molecule has 0 rings (SSSR count). The number of alkyl halides is 3. The van der Waals surface area contributed by atoms with E-state index in [9.17, 15) is 13.2 Å². The molecule has 7 heteroatoms. The molecule has 0 spiro atoms. The second-order valence-corrected chi connectivity index (χ2v) is 5.16. The minimum Gasteiger partial charge on any atom is -0.409 e. The molecule has 4 nitrogen and oxygen atoms in total. The summed E-state index contributed by atoms with van der Waals surface area (Å²) < 4.78 is 40.6. The van der Waals surface area contributed by atoms with Crippen LogP contribution in [0.25, 0.3) is 0 Å². The molecule has 0 fully saturated rings. The van der Waals surface area contributed by atoms with Gasteiger partial charge in [0.05, 0.1) is 0 Å². The summed E-state index contributed by atoms with van der Waals surface area (Å²) in [5.41, 5.74) is 5.15. The number of nitrogens with two attached hydrogens (primary N) is 1. The van der Waals surface area contributed by atoms with Gasteiger partial charge in [-0.25, -0.2) is 0 Å².